The van der Waals surface area contributed by atoms with Gasteiger partial charge in [-0.2, -0.15) is 4.31 Å². The zero-order valence-electron chi connectivity index (χ0n) is 11.7. The van der Waals surface area contributed by atoms with E-state index in [0.717, 1.165) is 5.56 Å². The SMILES string of the molecule is CCN(Cc1ccccc1)S(=O)(=O)c1ccc(Cl)c(N)c1. The van der Waals surface area contributed by atoms with E-state index in [0.29, 0.717) is 18.1 Å². The summed E-state index contributed by atoms with van der Waals surface area (Å²) in [5, 5.41) is 0.347. The molecule has 0 unspecified atom stereocenters. The summed E-state index contributed by atoms with van der Waals surface area (Å²) in [6.07, 6.45) is 0. The maximum Gasteiger partial charge on any atom is 0.243 e. The summed E-state index contributed by atoms with van der Waals surface area (Å²) in [7, 11) is -3.59. The highest BCUT2D eigenvalue weighted by molar-refractivity contribution is 7.89. The Bertz CT molecular complexity index is 718. The molecular weight excluding hydrogens is 308 g/mol. The van der Waals surface area contributed by atoms with Crippen molar-refractivity contribution in [3.8, 4) is 0 Å². The standard InChI is InChI=1S/C15H17ClN2O2S/c1-2-18(11-12-6-4-3-5-7-12)21(19,20)13-8-9-14(16)15(17)10-13/h3-10H,2,11,17H2,1H3. The topological polar surface area (TPSA) is 63.4 Å². The fraction of sp³-hybridized carbons (Fsp3) is 0.200. The van der Waals surface area contributed by atoms with Crippen molar-refractivity contribution in [3.63, 3.8) is 0 Å². The number of hydrogen-bond acceptors (Lipinski definition) is 3. The summed E-state index contributed by atoms with van der Waals surface area (Å²) in [6.45, 7) is 2.50. The van der Waals surface area contributed by atoms with Gasteiger partial charge in [-0.15, -0.1) is 0 Å². The predicted molar refractivity (Wildman–Crippen MR) is 85.6 cm³/mol. The summed E-state index contributed by atoms with van der Waals surface area (Å²) in [5.74, 6) is 0. The third-order valence-corrected chi connectivity index (χ3v) is 5.42. The number of sulfonamides is 1. The first-order chi connectivity index (χ1) is 9.95. The summed E-state index contributed by atoms with van der Waals surface area (Å²) in [4.78, 5) is 0.155. The van der Waals surface area contributed by atoms with Gasteiger partial charge in [-0.1, -0.05) is 48.9 Å². The highest BCUT2D eigenvalue weighted by Crippen LogP contribution is 2.25. The molecule has 0 saturated carbocycles. The average molecular weight is 325 g/mol. The molecular formula is C15H17ClN2O2S. The molecule has 0 aliphatic rings. The van der Waals surface area contributed by atoms with Crippen molar-refractivity contribution in [2.75, 3.05) is 12.3 Å². The van der Waals surface area contributed by atoms with Crippen LogP contribution in [0.4, 0.5) is 5.69 Å². The summed E-state index contributed by atoms with van der Waals surface area (Å²) >= 11 is 5.84. The largest absolute Gasteiger partial charge is 0.397 e. The molecule has 0 aliphatic carbocycles. The molecule has 0 fully saturated rings. The van der Waals surface area contributed by atoms with Crippen LogP contribution in [-0.2, 0) is 16.6 Å². The lowest BCUT2D eigenvalue weighted by molar-refractivity contribution is 0.423. The van der Waals surface area contributed by atoms with Crippen LogP contribution in [0.5, 0.6) is 0 Å². The fourth-order valence-electron chi connectivity index (χ4n) is 1.99. The fourth-order valence-corrected chi connectivity index (χ4v) is 3.58. The van der Waals surface area contributed by atoms with Crippen LogP contribution in [0.1, 0.15) is 12.5 Å². The van der Waals surface area contributed by atoms with Gasteiger partial charge in [0, 0.05) is 13.1 Å². The minimum atomic E-state index is -3.59. The molecule has 0 aromatic heterocycles. The van der Waals surface area contributed by atoms with E-state index in [-0.39, 0.29) is 10.6 Å². The molecule has 4 nitrogen and oxygen atoms in total. The summed E-state index contributed by atoms with van der Waals surface area (Å²) < 4.78 is 26.7. The molecule has 0 atom stereocenters. The third kappa shape index (κ3) is 3.56. The Hall–Kier alpha value is -1.56. The number of nitrogens with two attached hydrogens (primary N) is 1. The van der Waals surface area contributed by atoms with Gasteiger partial charge in [-0.05, 0) is 23.8 Å². The van der Waals surface area contributed by atoms with Crippen molar-refractivity contribution < 1.29 is 8.42 Å². The molecule has 112 valence electrons. The third-order valence-electron chi connectivity index (χ3n) is 3.16. The number of hydrogen-bond donors (Lipinski definition) is 1. The number of benzene rings is 2. The van der Waals surface area contributed by atoms with Gasteiger partial charge in [0.2, 0.25) is 10.0 Å². The van der Waals surface area contributed by atoms with E-state index in [1.807, 2.05) is 30.3 Å². The van der Waals surface area contributed by atoms with Crippen LogP contribution >= 0.6 is 11.6 Å². The van der Waals surface area contributed by atoms with E-state index in [2.05, 4.69) is 0 Å². The van der Waals surface area contributed by atoms with Crippen LogP contribution in [-0.4, -0.2) is 19.3 Å². The Labute approximate surface area is 130 Å². The number of halogens is 1. The van der Waals surface area contributed by atoms with Crippen molar-refractivity contribution in [1.29, 1.82) is 0 Å². The van der Waals surface area contributed by atoms with Gasteiger partial charge in [0.1, 0.15) is 0 Å². The van der Waals surface area contributed by atoms with E-state index in [4.69, 9.17) is 17.3 Å². The van der Waals surface area contributed by atoms with Crippen LogP contribution in [0.15, 0.2) is 53.4 Å². The molecule has 0 heterocycles. The van der Waals surface area contributed by atoms with Crippen LogP contribution < -0.4 is 5.73 Å². The zero-order valence-corrected chi connectivity index (χ0v) is 13.2. The quantitative estimate of drug-likeness (QED) is 0.859. The smallest absolute Gasteiger partial charge is 0.243 e. The van der Waals surface area contributed by atoms with Crippen molar-refractivity contribution in [1.82, 2.24) is 4.31 Å². The lowest BCUT2D eigenvalue weighted by Gasteiger charge is -2.21. The first-order valence-corrected chi connectivity index (χ1v) is 8.36. The average Bonchev–Trinajstić information content (AvgIpc) is 2.48. The monoisotopic (exact) mass is 324 g/mol. The highest BCUT2D eigenvalue weighted by atomic mass is 35.5. The molecule has 2 aromatic carbocycles. The minimum absolute atomic E-state index is 0.155. The molecule has 0 amide bonds. The second-order valence-corrected chi connectivity index (χ2v) is 6.95. The maximum atomic E-state index is 12.7. The minimum Gasteiger partial charge on any atom is -0.397 e. The number of rotatable bonds is 5. The second-order valence-electron chi connectivity index (χ2n) is 4.60. The first kappa shape index (κ1) is 15.8. The van der Waals surface area contributed by atoms with E-state index in [1.165, 1.54) is 22.5 Å². The number of nitrogens with zero attached hydrogens (tertiary/aromatic N) is 1. The van der Waals surface area contributed by atoms with Gasteiger partial charge in [-0.25, -0.2) is 8.42 Å². The van der Waals surface area contributed by atoms with E-state index in [1.54, 1.807) is 6.92 Å². The van der Waals surface area contributed by atoms with Gasteiger partial charge in [-0.3, -0.25) is 0 Å². The van der Waals surface area contributed by atoms with Crippen molar-refractivity contribution in [2.24, 2.45) is 0 Å². The van der Waals surface area contributed by atoms with Crippen LogP contribution in [0.3, 0.4) is 0 Å². The van der Waals surface area contributed by atoms with Crippen LogP contribution in [0, 0.1) is 0 Å². The maximum absolute atomic E-state index is 12.7. The molecule has 2 aromatic rings. The van der Waals surface area contributed by atoms with Crippen molar-refractivity contribution >= 4 is 27.3 Å². The van der Waals surface area contributed by atoms with E-state index in [9.17, 15) is 8.42 Å². The Kier molecular flexibility index (Phi) is 4.88. The van der Waals surface area contributed by atoms with Crippen molar-refractivity contribution in [2.45, 2.75) is 18.4 Å². The number of anilines is 1. The molecule has 0 saturated heterocycles. The van der Waals surface area contributed by atoms with Crippen LogP contribution in [0.25, 0.3) is 0 Å². The molecule has 0 bridgehead atoms. The Morgan fingerprint density at radius 1 is 1.14 bits per heavy atom. The molecule has 0 aliphatic heterocycles. The summed E-state index contributed by atoms with van der Waals surface area (Å²) in [5.41, 5.74) is 6.89. The van der Waals surface area contributed by atoms with Crippen molar-refractivity contribution in [3.05, 3.63) is 59.1 Å². The number of nitrogen functional groups attached to an aromatic ring is 1. The molecule has 0 radical (unpaired) electrons. The molecule has 21 heavy (non-hydrogen) atoms. The predicted octanol–water partition coefficient (Wildman–Crippen LogP) is 3.13. The highest BCUT2D eigenvalue weighted by Gasteiger charge is 2.23. The summed E-state index contributed by atoms with van der Waals surface area (Å²) in [6, 6.07) is 13.8. The van der Waals surface area contributed by atoms with Gasteiger partial charge >= 0.3 is 0 Å². The second kappa shape index (κ2) is 6.47. The normalized spacial score (nSPS) is 11.8. The van der Waals surface area contributed by atoms with Gasteiger partial charge in [0.05, 0.1) is 15.6 Å². The Balaban J connectivity index is 2.33. The molecule has 0 spiro atoms. The molecule has 2 rings (SSSR count). The Morgan fingerprint density at radius 3 is 2.38 bits per heavy atom. The first-order valence-electron chi connectivity index (χ1n) is 6.54. The lowest BCUT2D eigenvalue weighted by atomic mass is 10.2. The van der Waals surface area contributed by atoms with E-state index < -0.39 is 10.0 Å². The van der Waals surface area contributed by atoms with Gasteiger partial charge in [0.15, 0.2) is 0 Å². The van der Waals surface area contributed by atoms with Crippen LogP contribution in [0.2, 0.25) is 5.02 Å². The van der Waals surface area contributed by atoms with Gasteiger partial charge < -0.3 is 5.73 Å². The Morgan fingerprint density at radius 2 is 1.81 bits per heavy atom. The molecule has 6 heteroatoms. The molecule has 2 N–H and O–H groups in total. The van der Waals surface area contributed by atoms with E-state index >= 15 is 0 Å². The van der Waals surface area contributed by atoms with Gasteiger partial charge in [0.25, 0.3) is 0 Å². The zero-order chi connectivity index (χ0) is 15.5. The lowest BCUT2D eigenvalue weighted by Crippen LogP contribution is -2.30.